The highest BCUT2D eigenvalue weighted by atomic mass is 14.6. The van der Waals surface area contributed by atoms with Gasteiger partial charge in [-0.05, 0) is 47.3 Å². The summed E-state index contributed by atoms with van der Waals surface area (Å²) in [5.41, 5.74) is 0.552. The van der Waals surface area contributed by atoms with E-state index in [2.05, 4.69) is 41.5 Å². The van der Waals surface area contributed by atoms with Crippen molar-refractivity contribution in [1.82, 2.24) is 0 Å². The third kappa shape index (κ3) is 2.25. The van der Waals surface area contributed by atoms with Crippen LogP contribution in [-0.4, -0.2) is 0 Å². The zero-order valence-corrected chi connectivity index (χ0v) is 13.5. The van der Waals surface area contributed by atoms with E-state index in [4.69, 9.17) is 0 Å². The van der Waals surface area contributed by atoms with E-state index < -0.39 is 0 Å². The molecule has 18 heavy (non-hydrogen) atoms. The van der Waals surface area contributed by atoms with Crippen LogP contribution in [0.15, 0.2) is 0 Å². The molecule has 0 radical (unpaired) electrons. The van der Waals surface area contributed by atoms with Crippen LogP contribution in [0.25, 0.3) is 0 Å². The minimum Gasteiger partial charge on any atom is -0.0654 e. The summed E-state index contributed by atoms with van der Waals surface area (Å²) in [4.78, 5) is 0. The van der Waals surface area contributed by atoms with Crippen molar-refractivity contribution in [3.63, 3.8) is 0 Å². The predicted molar refractivity (Wildman–Crippen MR) is 80.5 cm³/mol. The standard InChI is InChI=1S/C18H34/c1-7-8-15-11-16-13(3)10-9-12(2)14(4)18(5,6)17(15)16/h12-17H,7-11H2,1-6H3. The smallest absolute Gasteiger partial charge is 0.0292 e. The lowest BCUT2D eigenvalue weighted by Crippen LogP contribution is -2.52. The summed E-state index contributed by atoms with van der Waals surface area (Å²) in [7, 11) is 0. The zero-order chi connectivity index (χ0) is 13.5. The van der Waals surface area contributed by atoms with E-state index in [9.17, 15) is 0 Å². The molecule has 0 heteroatoms. The van der Waals surface area contributed by atoms with Crippen molar-refractivity contribution in [2.75, 3.05) is 0 Å². The van der Waals surface area contributed by atoms with Crippen molar-refractivity contribution in [3.05, 3.63) is 0 Å². The van der Waals surface area contributed by atoms with Crippen molar-refractivity contribution in [2.24, 2.45) is 40.9 Å². The molecule has 2 rings (SSSR count). The molecule has 0 N–H and O–H groups in total. The van der Waals surface area contributed by atoms with E-state index in [0.717, 1.165) is 35.5 Å². The SMILES string of the molecule is CCCC1CC2C(C)CCC(C)C(C)C(C)(C)C12. The van der Waals surface area contributed by atoms with Crippen LogP contribution in [-0.2, 0) is 0 Å². The molecule has 0 aromatic carbocycles. The summed E-state index contributed by atoms with van der Waals surface area (Å²) in [6.45, 7) is 15.1. The summed E-state index contributed by atoms with van der Waals surface area (Å²) in [5.74, 6) is 5.84. The molecule has 0 saturated heterocycles. The molecule has 0 aromatic heterocycles. The van der Waals surface area contributed by atoms with Gasteiger partial charge in [-0.3, -0.25) is 0 Å². The van der Waals surface area contributed by atoms with Crippen molar-refractivity contribution in [2.45, 2.75) is 73.6 Å². The lowest BCUT2D eigenvalue weighted by atomic mass is 9.46. The molecule has 0 spiro atoms. The summed E-state index contributed by atoms with van der Waals surface area (Å²) in [5, 5.41) is 0. The summed E-state index contributed by atoms with van der Waals surface area (Å²) >= 11 is 0. The Balaban J connectivity index is 2.21. The molecule has 2 fully saturated rings. The molecule has 0 amide bonds. The second-order valence-corrected chi connectivity index (χ2v) is 8.12. The molecule has 2 aliphatic rings. The predicted octanol–water partition coefficient (Wildman–Crippen LogP) is 5.77. The van der Waals surface area contributed by atoms with Gasteiger partial charge in [-0.1, -0.05) is 67.2 Å². The number of rotatable bonds is 2. The number of hydrogen-bond acceptors (Lipinski definition) is 0. The van der Waals surface area contributed by atoms with Gasteiger partial charge in [0.15, 0.2) is 0 Å². The van der Waals surface area contributed by atoms with Gasteiger partial charge >= 0.3 is 0 Å². The number of hydrogen-bond donors (Lipinski definition) is 0. The molecule has 0 heterocycles. The molecule has 0 aliphatic heterocycles. The Morgan fingerprint density at radius 3 is 2.22 bits per heavy atom. The second-order valence-electron chi connectivity index (χ2n) is 8.12. The van der Waals surface area contributed by atoms with Crippen LogP contribution < -0.4 is 0 Å². The van der Waals surface area contributed by atoms with Gasteiger partial charge in [0, 0.05) is 0 Å². The Labute approximate surface area is 115 Å². The average Bonchev–Trinajstić information content (AvgIpc) is 2.27. The van der Waals surface area contributed by atoms with Crippen LogP contribution in [0.4, 0.5) is 0 Å². The lowest BCUT2D eigenvalue weighted by Gasteiger charge is -2.59. The van der Waals surface area contributed by atoms with Crippen molar-refractivity contribution in [1.29, 1.82) is 0 Å². The first-order valence-electron chi connectivity index (χ1n) is 8.39. The maximum absolute atomic E-state index is 2.58. The molecule has 2 aliphatic carbocycles. The Morgan fingerprint density at radius 2 is 1.61 bits per heavy atom. The summed E-state index contributed by atoms with van der Waals surface area (Å²) < 4.78 is 0. The fourth-order valence-electron chi connectivity index (χ4n) is 5.24. The van der Waals surface area contributed by atoms with Gasteiger partial charge in [0.25, 0.3) is 0 Å². The lowest BCUT2D eigenvalue weighted by molar-refractivity contribution is -0.107. The van der Waals surface area contributed by atoms with Gasteiger partial charge in [0.05, 0.1) is 0 Å². The highest BCUT2D eigenvalue weighted by Crippen LogP contribution is 2.60. The largest absolute Gasteiger partial charge is 0.0654 e. The van der Waals surface area contributed by atoms with Crippen molar-refractivity contribution >= 4 is 0 Å². The van der Waals surface area contributed by atoms with E-state index >= 15 is 0 Å². The minimum atomic E-state index is 0.552. The molecular formula is C18H34. The monoisotopic (exact) mass is 250 g/mol. The zero-order valence-electron chi connectivity index (χ0n) is 13.5. The third-order valence-electron chi connectivity index (χ3n) is 6.90. The highest BCUT2D eigenvalue weighted by Gasteiger charge is 2.53. The Bertz CT molecular complexity index is 278. The topological polar surface area (TPSA) is 0 Å². The molecule has 0 nitrogen and oxygen atoms in total. The number of fused-ring (bicyclic) bond motifs is 1. The van der Waals surface area contributed by atoms with Gasteiger partial charge in [0.1, 0.15) is 0 Å². The van der Waals surface area contributed by atoms with Gasteiger partial charge in [-0.2, -0.15) is 0 Å². The molecular weight excluding hydrogens is 216 g/mol. The van der Waals surface area contributed by atoms with Gasteiger partial charge < -0.3 is 0 Å². The summed E-state index contributed by atoms with van der Waals surface area (Å²) in [6.07, 6.45) is 7.31. The van der Waals surface area contributed by atoms with Crippen LogP contribution in [0.1, 0.15) is 73.6 Å². The Kier molecular flexibility index (Phi) is 4.14. The molecule has 6 unspecified atom stereocenters. The van der Waals surface area contributed by atoms with Gasteiger partial charge in [-0.15, -0.1) is 0 Å². The molecule has 0 aromatic rings. The Morgan fingerprint density at radius 1 is 1.00 bits per heavy atom. The fourth-order valence-corrected chi connectivity index (χ4v) is 5.24. The van der Waals surface area contributed by atoms with Gasteiger partial charge in [0.2, 0.25) is 0 Å². The van der Waals surface area contributed by atoms with E-state index in [1.807, 2.05) is 0 Å². The maximum Gasteiger partial charge on any atom is -0.0292 e. The molecule has 2 saturated carbocycles. The van der Waals surface area contributed by atoms with Crippen LogP contribution >= 0.6 is 0 Å². The average molecular weight is 250 g/mol. The van der Waals surface area contributed by atoms with E-state index in [1.165, 1.54) is 32.1 Å². The van der Waals surface area contributed by atoms with Gasteiger partial charge in [-0.25, -0.2) is 0 Å². The van der Waals surface area contributed by atoms with E-state index in [-0.39, 0.29) is 0 Å². The van der Waals surface area contributed by atoms with Crippen LogP contribution in [0.2, 0.25) is 0 Å². The minimum absolute atomic E-state index is 0.552. The first-order valence-corrected chi connectivity index (χ1v) is 8.39. The van der Waals surface area contributed by atoms with Crippen LogP contribution in [0.3, 0.4) is 0 Å². The first-order chi connectivity index (χ1) is 8.39. The van der Waals surface area contributed by atoms with Crippen molar-refractivity contribution < 1.29 is 0 Å². The normalized spacial score (nSPS) is 47.7. The quantitative estimate of drug-likeness (QED) is 0.584. The van der Waals surface area contributed by atoms with E-state index in [0.29, 0.717) is 5.41 Å². The first kappa shape index (κ1) is 14.4. The molecule has 106 valence electrons. The van der Waals surface area contributed by atoms with Crippen LogP contribution in [0.5, 0.6) is 0 Å². The Hall–Kier alpha value is 0. The molecule has 6 atom stereocenters. The maximum atomic E-state index is 2.58. The fraction of sp³-hybridized carbons (Fsp3) is 1.00. The van der Waals surface area contributed by atoms with Crippen LogP contribution in [0, 0.1) is 40.9 Å². The van der Waals surface area contributed by atoms with E-state index in [1.54, 1.807) is 0 Å². The molecule has 0 bridgehead atoms. The van der Waals surface area contributed by atoms with Crippen molar-refractivity contribution in [3.8, 4) is 0 Å². The summed E-state index contributed by atoms with van der Waals surface area (Å²) in [6, 6.07) is 0. The third-order valence-corrected chi connectivity index (χ3v) is 6.90. The second kappa shape index (κ2) is 5.17. The highest BCUT2D eigenvalue weighted by molar-refractivity contribution is 5.02.